The van der Waals surface area contributed by atoms with Crippen molar-refractivity contribution in [2.24, 2.45) is 5.92 Å². The maximum absolute atomic E-state index is 11.7. The number of aryl methyl sites for hydroxylation is 1. The molecule has 1 aliphatic rings. The molecule has 0 radical (unpaired) electrons. The summed E-state index contributed by atoms with van der Waals surface area (Å²) < 4.78 is 5.10. The predicted octanol–water partition coefficient (Wildman–Crippen LogP) is 3.22. The van der Waals surface area contributed by atoms with Crippen molar-refractivity contribution in [2.75, 3.05) is 6.61 Å². The van der Waals surface area contributed by atoms with Gasteiger partial charge in [-0.25, -0.2) is 4.98 Å². The molecule has 1 saturated carbocycles. The van der Waals surface area contributed by atoms with Crippen molar-refractivity contribution in [3.05, 3.63) is 16.1 Å². The summed E-state index contributed by atoms with van der Waals surface area (Å²) in [5.74, 6) is 0.0824. The fourth-order valence-electron chi connectivity index (χ4n) is 2.77. The molecule has 0 bridgehead atoms. The summed E-state index contributed by atoms with van der Waals surface area (Å²) in [6.07, 6.45) is 3.94. The Bertz CT molecular complexity index is 439. The number of hydrogen-bond donors (Lipinski definition) is 1. The molecule has 1 heterocycles. The van der Waals surface area contributed by atoms with Crippen LogP contribution in [0.3, 0.4) is 0 Å². The fourth-order valence-corrected chi connectivity index (χ4v) is 3.48. The van der Waals surface area contributed by atoms with Gasteiger partial charge in [-0.2, -0.15) is 0 Å². The lowest BCUT2D eigenvalue weighted by Crippen LogP contribution is -2.36. The van der Waals surface area contributed by atoms with E-state index in [1.54, 1.807) is 11.3 Å². The summed E-state index contributed by atoms with van der Waals surface area (Å²) in [7, 11) is 0. The third-order valence-corrected chi connectivity index (χ3v) is 4.70. The largest absolute Gasteiger partial charge is 0.466 e. The van der Waals surface area contributed by atoms with Gasteiger partial charge < -0.3 is 10.1 Å². The van der Waals surface area contributed by atoms with E-state index >= 15 is 0 Å². The standard InChI is InChI=1S/C15H24N2O2S/c1-4-19-15(18)12-5-7-13(8-6-12)16-10(2)14-9-20-11(3)17-14/h9-10,12-13,16H,4-8H2,1-3H3. The summed E-state index contributed by atoms with van der Waals surface area (Å²) in [6.45, 7) is 6.54. The average Bonchev–Trinajstić information content (AvgIpc) is 2.86. The highest BCUT2D eigenvalue weighted by Gasteiger charge is 2.28. The number of rotatable bonds is 5. The van der Waals surface area contributed by atoms with Crippen molar-refractivity contribution in [1.29, 1.82) is 0 Å². The predicted molar refractivity (Wildman–Crippen MR) is 80.8 cm³/mol. The molecule has 0 saturated heterocycles. The van der Waals surface area contributed by atoms with E-state index in [9.17, 15) is 4.79 Å². The average molecular weight is 296 g/mol. The number of carbonyl (C=O) groups is 1. The van der Waals surface area contributed by atoms with Gasteiger partial charge in [0.15, 0.2) is 0 Å². The molecule has 1 fully saturated rings. The molecule has 0 aromatic carbocycles. The Morgan fingerprint density at radius 2 is 2.20 bits per heavy atom. The zero-order chi connectivity index (χ0) is 14.5. The van der Waals surface area contributed by atoms with Crippen molar-refractivity contribution in [1.82, 2.24) is 10.3 Å². The second-order valence-corrected chi connectivity index (χ2v) is 6.54. The molecule has 4 nitrogen and oxygen atoms in total. The first-order valence-corrected chi connectivity index (χ1v) is 8.32. The second-order valence-electron chi connectivity index (χ2n) is 5.48. The Morgan fingerprint density at radius 3 is 2.75 bits per heavy atom. The Labute approximate surface area is 124 Å². The van der Waals surface area contributed by atoms with E-state index < -0.39 is 0 Å². The Hall–Kier alpha value is -0.940. The van der Waals surface area contributed by atoms with Crippen LogP contribution in [0.1, 0.15) is 56.3 Å². The zero-order valence-corrected chi connectivity index (χ0v) is 13.3. The molecule has 1 atom stereocenters. The first-order valence-electron chi connectivity index (χ1n) is 7.44. The molecular formula is C15H24N2O2S. The normalized spacial score (nSPS) is 24.4. The van der Waals surface area contributed by atoms with E-state index in [4.69, 9.17) is 4.74 Å². The lowest BCUT2D eigenvalue weighted by molar-refractivity contribution is -0.149. The van der Waals surface area contributed by atoms with Crippen LogP contribution in [0.5, 0.6) is 0 Å². The monoisotopic (exact) mass is 296 g/mol. The molecule has 1 aromatic heterocycles. The van der Waals surface area contributed by atoms with Gasteiger partial charge in [-0.3, -0.25) is 4.79 Å². The van der Waals surface area contributed by atoms with Gasteiger partial charge >= 0.3 is 5.97 Å². The number of ether oxygens (including phenoxy) is 1. The maximum Gasteiger partial charge on any atom is 0.308 e. The Morgan fingerprint density at radius 1 is 1.50 bits per heavy atom. The molecule has 0 aliphatic heterocycles. The van der Waals surface area contributed by atoms with E-state index in [2.05, 4.69) is 22.6 Å². The maximum atomic E-state index is 11.7. The topological polar surface area (TPSA) is 51.2 Å². The SMILES string of the molecule is CCOC(=O)C1CCC(NC(C)c2csc(C)n2)CC1. The second kappa shape index (κ2) is 7.18. The van der Waals surface area contributed by atoms with Gasteiger partial charge in [-0.05, 0) is 46.5 Å². The molecule has 5 heteroatoms. The minimum Gasteiger partial charge on any atom is -0.466 e. The number of thiazole rings is 1. The summed E-state index contributed by atoms with van der Waals surface area (Å²) in [6, 6.07) is 0.766. The van der Waals surface area contributed by atoms with Gasteiger partial charge in [0.1, 0.15) is 0 Å². The molecule has 20 heavy (non-hydrogen) atoms. The van der Waals surface area contributed by atoms with Crippen LogP contribution in [0.25, 0.3) is 0 Å². The van der Waals surface area contributed by atoms with Crippen LogP contribution in [-0.2, 0) is 9.53 Å². The van der Waals surface area contributed by atoms with Gasteiger partial charge in [0.25, 0.3) is 0 Å². The molecule has 1 aromatic rings. The van der Waals surface area contributed by atoms with Crippen molar-refractivity contribution < 1.29 is 9.53 Å². The highest BCUT2D eigenvalue weighted by Crippen LogP contribution is 2.27. The Balaban J connectivity index is 1.78. The van der Waals surface area contributed by atoms with E-state index in [0.717, 1.165) is 36.4 Å². The minimum absolute atomic E-state index is 0.0193. The van der Waals surface area contributed by atoms with E-state index in [1.165, 1.54) is 0 Å². The fraction of sp³-hybridized carbons (Fsp3) is 0.733. The summed E-state index contributed by atoms with van der Waals surface area (Å²) in [5, 5.41) is 6.87. The van der Waals surface area contributed by atoms with Gasteiger partial charge in [0.05, 0.1) is 23.2 Å². The number of hydrogen-bond acceptors (Lipinski definition) is 5. The molecule has 0 spiro atoms. The van der Waals surface area contributed by atoms with Crippen LogP contribution in [0.4, 0.5) is 0 Å². The Kier molecular flexibility index (Phi) is 5.54. The number of carbonyl (C=O) groups excluding carboxylic acids is 1. The van der Waals surface area contributed by atoms with Crippen LogP contribution >= 0.6 is 11.3 Å². The number of esters is 1. The molecule has 2 rings (SSSR count). The molecule has 112 valence electrons. The van der Waals surface area contributed by atoms with Crippen molar-refractivity contribution in [2.45, 2.75) is 58.5 Å². The van der Waals surface area contributed by atoms with E-state index in [-0.39, 0.29) is 17.9 Å². The molecule has 1 unspecified atom stereocenters. The molecule has 1 N–H and O–H groups in total. The van der Waals surface area contributed by atoms with E-state index in [0.29, 0.717) is 12.6 Å². The smallest absolute Gasteiger partial charge is 0.308 e. The van der Waals surface area contributed by atoms with Crippen LogP contribution in [-0.4, -0.2) is 23.6 Å². The highest BCUT2D eigenvalue weighted by atomic mass is 32.1. The quantitative estimate of drug-likeness (QED) is 0.848. The van der Waals surface area contributed by atoms with Crippen molar-refractivity contribution >= 4 is 17.3 Å². The highest BCUT2D eigenvalue weighted by molar-refractivity contribution is 7.09. The van der Waals surface area contributed by atoms with Crippen molar-refractivity contribution in [3.63, 3.8) is 0 Å². The number of nitrogens with zero attached hydrogens (tertiary/aromatic N) is 1. The van der Waals surface area contributed by atoms with Crippen LogP contribution in [0, 0.1) is 12.8 Å². The number of nitrogens with one attached hydrogen (secondary N) is 1. The third-order valence-electron chi connectivity index (χ3n) is 3.91. The first-order chi connectivity index (χ1) is 9.60. The minimum atomic E-state index is -0.0193. The van der Waals surface area contributed by atoms with Crippen molar-refractivity contribution in [3.8, 4) is 0 Å². The summed E-state index contributed by atoms with van der Waals surface area (Å²) in [4.78, 5) is 16.2. The first kappa shape index (κ1) is 15.4. The summed E-state index contributed by atoms with van der Waals surface area (Å²) in [5.41, 5.74) is 1.13. The van der Waals surface area contributed by atoms with Gasteiger partial charge in [0.2, 0.25) is 0 Å². The molecular weight excluding hydrogens is 272 g/mol. The van der Waals surface area contributed by atoms with E-state index in [1.807, 2.05) is 13.8 Å². The molecule has 0 amide bonds. The van der Waals surface area contributed by atoms with Crippen LogP contribution in [0.15, 0.2) is 5.38 Å². The van der Waals surface area contributed by atoms with Crippen LogP contribution < -0.4 is 5.32 Å². The summed E-state index contributed by atoms with van der Waals surface area (Å²) >= 11 is 1.69. The molecule has 1 aliphatic carbocycles. The van der Waals surface area contributed by atoms with Gasteiger partial charge in [-0.1, -0.05) is 0 Å². The van der Waals surface area contributed by atoms with Gasteiger partial charge in [-0.15, -0.1) is 11.3 Å². The third kappa shape index (κ3) is 4.03. The van der Waals surface area contributed by atoms with Gasteiger partial charge in [0, 0.05) is 17.5 Å². The number of aromatic nitrogens is 1. The lowest BCUT2D eigenvalue weighted by atomic mass is 9.85. The zero-order valence-electron chi connectivity index (χ0n) is 12.5. The van der Waals surface area contributed by atoms with Crippen LogP contribution in [0.2, 0.25) is 0 Å². The lowest BCUT2D eigenvalue weighted by Gasteiger charge is -2.29.